The lowest BCUT2D eigenvalue weighted by molar-refractivity contribution is -0.115. The number of nitrogens with two attached hydrogens (primary N) is 1. The molecule has 0 radical (unpaired) electrons. The maximum absolute atomic E-state index is 14.2. The summed E-state index contributed by atoms with van der Waals surface area (Å²) in [6.07, 6.45) is 3.59. The molecule has 11 heteroatoms. The van der Waals surface area contributed by atoms with Crippen molar-refractivity contribution in [1.82, 2.24) is 10.3 Å². The molecule has 2 aliphatic rings. The number of nitrogens with one attached hydrogen (secondary N) is 1. The van der Waals surface area contributed by atoms with Crippen LogP contribution in [-0.2, 0) is 20.8 Å². The van der Waals surface area contributed by atoms with E-state index in [1.807, 2.05) is 6.07 Å². The molecule has 2 aromatic rings. The molecule has 1 amide bonds. The van der Waals surface area contributed by atoms with Crippen molar-refractivity contribution < 1.29 is 28.1 Å². The number of amides is 1. The number of nitrogens with zero attached hydrogens (tertiary/aromatic N) is 2. The van der Waals surface area contributed by atoms with E-state index in [4.69, 9.17) is 36.9 Å². The highest BCUT2D eigenvalue weighted by Gasteiger charge is 2.32. The van der Waals surface area contributed by atoms with Gasteiger partial charge in [-0.25, -0.2) is 4.39 Å². The molecule has 35 heavy (non-hydrogen) atoms. The Kier molecular flexibility index (Phi) is 8.11. The molecular formula is C24H27FN4O5S. The number of anilines is 1. The highest BCUT2D eigenvalue weighted by atomic mass is 32.1. The molecule has 2 aliphatic heterocycles. The maximum atomic E-state index is 14.2. The monoisotopic (exact) mass is 502 g/mol. The van der Waals surface area contributed by atoms with Gasteiger partial charge in [0.15, 0.2) is 11.6 Å². The van der Waals surface area contributed by atoms with Gasteiger partial charge in [-0.3, -0.25) is 9.78 Å². The molecule has 0 bridgehead atoms. The molecule has 1 aromatic carbocycles. The number of pyridine rings is 1. The minimum absolute atomic E-state index is 0.00882. The van der Waals surface area contributed by atoms with Gasteiger partial charge in [-0.15, -0.1) is 0 Å². The van der Waals surface area contributed by atoms with Gasteiger partial charge in [0.2, 0.25) is 0 Å². The largest absolute Gasteiger partial charge is 0.492 e. The molecule has 0 saturated carbocycles. The zero-order chi connectivity index (χ0) is 24.8. The van der Waals surface area contributed by atoms with E-state index >= 15 is 0 Å². The number of thiocarbonyl (C=S) groups is 1. The number of hydrogen-bond acceptors (Lipinski definition) is 8. The normalized spacial score (nSPS) is 18.4. The summed E-state index contributed by atoms with van der Waals surface area (Å²) < 4.78 is 36.4. The summed E-state index contributed by atoms with van der Waals surface area (Å²) in [5.74, 6) is -0.390. The van der Waals surface area contributed by atoms with Gasteiger partial charge in [0.25, 0.3) is 5.91 Å². The molecule has 1 saturated heterocycles. The predicted octanol–water partition coefficient (Wildman–Crippen LogP) is 2.09. The first kappa shape index (κ1) is 24.8. The maximum Gasteiger partial charge on any atom is 0.263 e. The Labute approximate surface area is 208 Å². The molecule has 4 rings (SSSR count). The van der Waals surface area contributed by atoms with Crippen LogP contribution in [0.4, 0.5) is 10.1 Å². The Morgan fingerprint density at radius 3 is 2.97 bits per heavy atom. The number of para-hydroxylation sites is 1. The van der Waals surface area contributed by atoms with Crippen LogP contribution in [0.15, 0.2) is 47.9 Å². The Balaban J connectivity index is 1.50. The number of ether oxygens (including phenoxy) is 4. The fourth-order valence-corrected chi connectivity index (χ4v) is 4.20. The van der Waals surface area contributed by atoms with Gasteiger partial charge in [0.1, 0.15) is 23.4 Å². The Hall–Kier alpha value is -3.28. The van der Waals surface area contributed by atoms with E-state index in [-0.39, 0.29) is 22.4 Å². The number of hydrogen-bond donors (Lipinski definition) is 2. The number of halogens is 1. The van der Waals surface area contributed by atoms with Crippen LogP contribution in [0.2, 0.25) is 0 Å². The molecule has 0 aliphatic carbocycles. The van der Waals surface area contributed by atoms with Crippen LogP contribution in [0, 0.1) is 5.82 Å². The average molecular weight is 503 g/mol. The molecule has 186 valence electrons. The van der Waals surface area contributed by atoms with Crippen molar-refractivity contribution in [3.8, 4) is 11.5 Å². The van der Waals surface area contributed by atoms with Crippen molar-refractivity contribution >= 4 is 28.8 Å². The van der Waals surface area contributed by atoms with Gasteiger partial charge < -0.3 is 34.9 Å². The van der Waals surface area contributed by atoms with Crippen molar-refractivity contribution in [2.75, 3.05) is 45.0 Å². The summed E-state index contributed by atoms with van der Waals surface area (Å²) in [7, 11) is 1.36. The second kappa shape index (κ2) is 11.4. The highest BCUT2D eigenvalue weighted by molar-refractivity contribution is 7.80. The van der Waals surface area contributed by atoms with Gasteiger partial charge in [0.05, 0.1) is 44.4 Å². The number of rotatable bonds is 9. The fourth-order valence-electron chi connectivity index (χ4n) is 3.99. The van der Waals surface area contributed by atoms with Gasteiger partial charge in [-0.1, -0.05) is 18.3 Å². The smallest absolute Gasteiger partial charge is 0.263 e. The molecule has 1 fully saturated rings. The summed E-state index contributed by atoms with van der Waals surface area (Å²) in [6.45, 7) is 2.60. The molecular weight excluding hydrogens is 475 g/mol. The van der Waals surface area contributed by atoms with E-state index in [9.17, 15) is 9.18 Å². The van der Waals surface area contributed by atoms with Gasteiger partial charge >= 0.3 is 0 Å². The number of carbonyl (C=O) groups excluding carboxylic acids is 1. The van der Waals surface area contributed by atoms with E-state index < -0.39 is 11.7 Å². The Morgan fingerprint density at radius 1 is 1.37 bits per heavy atom. The first-order valence-electron chi connectivity index (χ1n) is 11.2. The first-order chi connectivity index (χ1) is 17.0. The summed E-state index contributed by atoms with van der Waals surface area (Å²) in [5, 5.41) is 3.29. The topological polar surface area (TPSA) is 108 Å². The zero-order valence-corrected chi connectivity index (χ0v) is 20.1. The van der Waals surface area contributed by atoms with Crippen LogP contribution in [0.5, 0.6) is 11.5 Å². The third-order valence-electron chi connectivity index (χ3n) is 5.71. The molecule has 1 unspecified atom stereocenters. The lowest BCUT2D eigenvalue weighted by Crippen LogP contribution is -2.43. The van der Waals surface area contributed by atoms with Crippen molar-refractivity contribution in [3.05, 3.63) is 59.3 Å². The van der Waals surface area contributed by atoms with Gasteiger partial charge in [0, 0.05) is 37.0 Å². The second-order valence-electron chi connectivity index (χ2n) is 7.93. The van der Waals surface area contributed by atoms with Crippen molar-refractivity contribution in [1.29, 1.82) is 0 Å². The Bertz CT molecular complexity index is 1120. The molecule has 9 nitrogen and oxygen atoms in total. The summed E-state index contributed by atoms with van der Waals surface area (Å²) >= 11 is 5.20. The van der Waals surface area contributed by atoms with E-state index in [2.05, 4.69) is 10.3 Å². The molecule has 3 N–H and O–H groups in total. The third kappa shape index (κ3) is 5.69. The SMILES string of the molecule is COc1c(F)cccc1N1CCC(NCc2ccncc2OCC2COCCO2)=C(C(N)=S)C1=O. The minimum Gasteiger partial charge on any atom is -0.492 e. The summed E-state index contributed by atoms with van der Waals surface area (Å²) in [6, 6.07) is 6.25. The van der Waals surface area contributed by atoms with E-state index in [1.165, 1.54) is 24.1 Å². The van der Waals surface area contributed by atoms with Crippen LogP contribution in [0.25, 0.3) is 0 Å². The molecule has 3 heterocycles. The van der Waals surface area contributed by atoms with Crippen LogP contribution >= 0.6 is 12.2 Å². The van der Waals surface area contributed by atoms with Crippen LogP contribution in [0.1, 0.15) is 12.0 Å². The lowest BCUT2D eigenvalue weighted by atomic mass is 10.0. The fraction of sp³-hybridized carbons (Fsp3) is 0.375. The standard InChI is InChI=1S/C24H27FN4O5S/c1-31-22-17(25)3-2-4-19(22)29-8-6-18(21(23(26)35)24(29)30)28-11-15-5-7-27-12-20(15)34-14-16-13-32-9-10-33-16/h2-5,7,12,16,28H,6,8-11,13-14H2,1H3,(H2,26,35). The van der Waals surface area contributed by atoms with Crippen molar-refractivity contribution in [3.63, 3.8) is 0 Å². The van der Waals surface area contributed by atoms with Crippen molar-refractivity contribution in [2.24, 2.45) is 5.73 Å². The zero-order valence-electron chi connectivity index (χ0n) is 19.3. The number of carbonyl (C=O) groups is 1. The average Bonchev–Trinajstić information content (AvgIpc) is 2.87. The Morgan fingerprint density at radius 2 is 2.23 bits per heavy atom. The van der Waals surface area contributed by atoms with Gasteiger partial charge in [-0.2, -0.15) is 0 Å². The van der Waals surface area contributed by atoms with Crippen molar-refractivity contribution in [2.45, 2.75) is 19.1 Å². The van der Waals surface area contributed by atoms with Gasteiger partial charge in [-0.05, 0) is 18.2 Å². The predicted molar refractivity (Wildman–Crippen MR) is 131 cm³/mol. The van der Waals surface area contributed by atoms with E-state index in [1.54, 1.807) is 18.5 Å². The third-order valence-corrected chi connectivity index (χ3v) is 5.91. The summed E-state index contributed by atoms with van der Waals surface area (Å²) in [4.78, 5) is 18.9. The highest BCUT2D eigenvalue weighted by Crippen LogP contribution is 2.34. The van der Waals surface area contributed by atoms with E-state index in [0.717, 1.165) is 5.56 Å². The van der Waals surface area contributed by atoms with Crippen LogP contribution in [0.3, 0.4) is 0 Å². The number of aromatic nitrogens is 1. The molecule has 0 spiro atoms. The minimum atomic E-state index is -0.557. The first-order valence-corrected chi connectivity index (χ1v) is 11.6. The van der Waals surface area contributed by atoms with E-state index in [0.29, 0.717) is 63.1 Å². The van der Waals surface area contributed by atoms with Crippen LogP contribution in [-0.4, -0.2) is 62.1 Å². The second-order valence-corrected chi connectivity index (χ2v) is 8.37. The molecule has 1 aromatic heterocycles. The lowest BCUT2D eigenvalue weighted by Gasteiger charge is -2.31. The summed E-state index contributed by atoms with van der Waals surface area (Å²) in [5.41, 5.74) is 7.90. The quantitative estimate of drug-likeness (QED) is 0.498. The number of methoxy groups -OCH3 is 1. The molecule has 1 atom stereocenters. The van der Waals surface area contributed by atoms with Crippen LogP contribution < -0.4 is 25.4 Å². The number of benzene rings is 1.